The lowest BCUT2D eigenvalue weighted by Gasteiger charge is -2.11. The van der Waals surface area contributed by atoms with E-state index in [-0.39, 0.29) is 22.1 Å². The molecule has 0 atom stereocenters. The molecule has 32 heavy (non-hydrogen) atoms. The van der Waals surface area contributed by atoms with Crippen LogP contribution in [0, 0.1) is 17.0 Å². The number of fused-ring (bicyclic) bond motifs is 1. The zero-order valence-electron chi connectivity index (χ0n) is 16.7. The summed E-state index contributed by atoms with van der Waals surface area (Å²) in [6.07, 6.45) is 0. The molecular weight excluding hydrogens is 454 g/mol. The summed E-state index contributed by atoms with van der Waals surface area (Å²) >= 11 is 6.62. The predicted octanol–water partition coefficient (Wildman–Crippen LogP) is 3.20. The Labute approximate surface area is 190 Å². The third-order valence-electron chi connectivity index (χ3n) is 4.38. The van der Waals surface area contributed by atoms with Gasteiger partial charge in [-0.15, -0.1) is 10.2 Å². The molecule has 0 aliphatic rings. The van der Waals surface area contributed by atoms with E-state index in [1.165, 1.54) is 30.6 Å². The Bertz CT molecular complexity index is 1360. The highest BCUT2D eigenvalue weighted by Crippen LogP contribution is 2.28. The van der Waals surface area contributed by atoms with Gasteiger partial charge in [-0.3, -0.25) is 20.2 Å². The molecule has 0 saturated carbocycles. The van der Waals surface area contributed by atoms with E-state index in [1.54, 1.807) is 10.6 Å². The summed E-state index contributed by atoms with van der Waals surface area (Å²) < 4.78 is 6.61. The summed E-state index contributed by atoms with van der Waals surface area (Å²) in [7, 11) is 1.32. The molecule has 2 aromatic carbocycles. The topological polar surface area (TPSA) is 137 Å². The number of amides is 1. The number of anilines is 1. The zero-order chi connectivity index (χ0) is 22.8. The second kappa shape index (κ2) is 8.64. The van der Waals surface area contributed by atoms with Gasteiger partial charge in [-0.05, 0) is 43.4 Å². The van der Waals surface area contributed by atoms with Crippen LogP contribution in [0.4, 0.5) is 11.4 Å². The molecule has 13 heteroatoms. The van der Waals surface area contributed by atoms with Crippen molar-refractivity contribution in [1.29, 1.82) is 0 Å². The quantitative estimate of drug-likeness (QED) is 0.256. The Morgan fingerprint density at radius 3 is 2.78 bits per heavy atom. The van der Waals surface area contributed by atoms with E-state index in [4.69, 9.17) is 17.0 Å². The zero-order valence-corrected chi connectivity index (χ0v) is 18.4. The largest absolute Gasteiger partial charge is 0.490 e. The number of rotatable bonds is 5. The standard InChI is InChI=1S/C19H15N7O4S2/c1-10-22-23-19-25(10)24-17(32-19)12-4-3-5-13(8-12)20-18(31)21-16(27)11-6-7-15(30-2)14(9-11)26(28)29/h3-9H,1-2H3,(H2,20,21,27,31). The SMILES string of the molecule is COc1ccc(C(=O)NC(=S)Nc2cccc(-c3nn4c(C)nnc4s3)c2)cc1[N+](=O)[O-]. The highest BCUT2D eigenvalue weighted by molar-refractivity contribution is 7.80. The van der Waals surface area contributed by atoms with Crippen molar-refractivity contribution in [2.75, 3.05) is 12.4 Å². The maximum absolute atomic E-state index is 12.5. The predicted molar refractivity (Wildman–Crippen MR) is 122 cm³/mol. The Balaban J connectivity index is 1.47. The molecule has 0 spiro atoms. The van der Waals surface area contributed by atoms with Gasteiger partial charge in [-0.25, -0.2) is 0 Å². The lowest BCUT2D eigenvalue weighted by Crippen LogP contribution is -2.34. The first-order valence-electron chi connectivity index (χ1n) is 9.10. The number of carbonyl (C=O) groups excluding carboxylic acids is 1. The van der Waals surface area contributed by atoms with Gasteiger partial charge in [0.05, 0.1) is 12.0 Å². The minimum absolute atomic E-state index is 0.0413. The number of aryl methyl sites for hydroxylation is 1. The minimum atomic E-state index is -0.620. The number of carbonyl (C=O) groups is 1. The smallest absolute Gasteiger partial charge is 0.311 e. The van der Waals surface area contributed by atoms with Crippen molar-refractivity contribution in [3.8, 4) is 16.3 Å². The van der Waals surface area contributed by atoms with Crippen LogP contribution in [0.3, 0.4) is 0 Å². The fourth-order valence-electron chi connectivity index (χ4n) is 2.87. The molecule has 2 heterocycles. The molecule has 0 aliphatic carbocycles. The van der Waals surface area contributed by atoms with Crippen LogP contribution in [0.1, 0.15) is 16.2 Å². The van der Waals surface area contributed by atoms with E-state index >= 15 is 0 Å². The number of benzene rings is 2. The maximum Gasteiger partial charge on any atom is 0.311 e. The molecule has 0 aliphatic heterocycles. The van der Waals surface area contributed by atoms with Crippen LogP contribution < -0.4 is 15.4 Å². The maximum atomic E-state index is 12.5. The normalized spacial score (nSPS) is 10.7. The van der Waals surface area contributed by atoms with E-state index in [0.29, 0.717) is 16.5 Å². The molecule has 0 fully saturated rings. The number of nitro benzene ring substituents is 1. The second-order valence-electron chi connectivity index (χ2n) is 6.48. The lowest BCUT2D eigenvalue weighted by atomic mass is 10.1. The van der Waals surface area contributed by atoms with Crippen molar-refractivity contribution in [3.05, 3.63) is 64.0 Å². The molecule has 4 aromatic rings. The average Bonchev–Trinajstić information content (AvgIpc) is 3.35. The number of methoxy groups -OCH3 is 1. The van der Waals surface area contributed by atoms with Gasteiger partial charge >= 0.3 is 5.69 Å². The highest BCUT2D eigenvalue weighted by Gasteiger charge is 2.19. The van der Waals surface area contributed by atoms with Gasteiger partial charge in [0.1, 0.15) is 5.01 Å². The fourth-order valence-corrected chi connectivity index (χ4v) is 3.96. The van der Waals surface area contributed by atoms with E-state index in [0.717, 1.165) is 16.6 Å². The number of hydrogen-bond acceptors (Lipinski definition) is 9. The minimum Gasteiger partial charge on any atom is -0.490 e. The van der Waals surface area contributed by atoms with E-state index < -0.39 is 10.8 Å². The van der Waals surface area contributed by atoms with Gasteiger partial charge in [0, 0.05) is 22.9 Å². The number of nitrogens with zero attached hydrogens (tertiary/aromatic N) is 5. The second-order valence-corrected chi connectivity index (χ2v) is 7.85. The first-order chi connectivity index (χ1) is 15.4. The third kappa shape index (κ3) is 4.24. The van der Waals surface area contributed by atoms with Gasteiger partial charge < -0.3 is 10.1 Å². The first-order valence-corrected chi connectivity index (χ1v) is 10.3. The van der Waals surface area contributed by atoms with Gasteiger partial charge in [0.25, 0.3) is 5.91 Å². The van der Waals surface area contributed by atoms with Crippen molar-refractivity contribution < 1.29 is 14.5 Å². The number of nitrogens with one attached hydrogen (secondary N) is 2. The van der Waals surface area contributed by atoms with Crippen LogP contribution in [0.15, 0.2) is 42.5 Å². The Morgan fingerprint density at radius 1 is 1.25 bits per heavy atom. The number of hydrogen-bond donors (Lipinski definition) is 2. The monoisotopic (exact) mass is 469 g/mol. The highest BCUT2D eigenvalue weighted by atomic mass is 32.1. The number of thiocarbonyl (C=S) groups is 1. The van der Waals surface area contributed by atoms with E-state index in [1.807, 2.05) is 25.1 Å². The molecule has 1 amide bonds. The van der Waals surface area contributed by atoms with Crippen molar-refractivity contribution in [2.24, 2.45) is 0 Å². The first kappa shape index (κ1) is 21.3. The van der Waals surface area contributed by atoms with Crippen LogP contribution in [0.2, 0.25) is 0 Å². The Morgan fingerprint density at radius 2 is 2.06 bits per heavy atom. The molecule has 2 aromatic heterocycles. The van der Waals surface area contributed by atoms with E-state index in [9.17, 15) is 14.9 Å². The van der Waals surface area contributed by atoms with Crippen molar-refractivity contribution in [1.82, 2.24) is 25.1 Å². The molecule has 0 unspecified atom stereocenters. The van der Waals surface area contributed by atoms with Crippen LogP contribution >= 0.6 is 23.6 Å². The van der Waals surface area contributed by atoms with E-state index in [2.05, 4.69) is 25.9 Å². The fraction of sp³-hybridized carbons (Fsp3) is 0.105. The van der Waals surface area contributed by atoms with Gasteiger partial charge in [0.2, 0.25) is 4.96 Å². The van der Waals surface area contributed by atoms with Crippen molar-refractivity contribution in [2.45, 2.75) is 6.92 Å². The molecule has 0 radical (unpaired) electrons. The molecule has 0 bridgehead atoms. The Hall–Kier alpha value is -3.97. The Kier molecular flexibility index (Phi) is 5.75. The van der Waals surface area contributed by atoms with Gasteiger partial charge in [-0.1, -0.05) is 23.5 Å². The lowest BCUT2D eigenvalue weighted by molar-refractivity contribution is -0.385. The van der Waals surface area contributed by atoms with Crippen LogP contribution in [-0.4, -0.2) is 42.9 Å². The molecule has 0 saturated heterocycles. The van der Waals surface area contributed by atoms with Crippen molar-refractivity contribution >= 4 is 50.9 Å². The van der Waals surface area contributed by atoms with Gasteiger partial charge in [-0.2, -0.15) is 9.61 Å². The molecule has 4 rings (SSSR count). The van der Waals surface area contributed by atoms with Crippen LogP contribution in [0.5, 0.6) is 5.75 Å². The van der Waals surface area contributed by atoms with Gasteiger partial charge in [0.15, 0.2) is 16.7 Å². The molecule has 162 valence electrons. The molecule has 2 N–H and O–H groups in total. The summed E-state index contributed by atoms with van der Waals surface area (Å²) in [5.74, 6) is 0.164. The third-order valence-corrected chi connectivity index (χ3v) is 5.53. The van der Waals surface area contributed by atoms with Crippen molar-refractivity contribution in [3.63, 3.8) is 0 Å². The summed E-state index contributed by atoms with van der Waals surface area (Å²) in [5.41, 5.74) is 1.23. The summed E-state index contributed by atoms with van der Waals surface area (Å²) in [5, 5.41) is 29.9. The summed E-state index contributed by atoms with van der Waals surface area (Å²) in [4.78, 5) is 23.7. The summed E-state index contributed by atoms with van der Waals surface area (Å²) in [6.45, 7) is 1.82. The molecule has 11 nitrogen and oxygen atoms in total. The number of ether oxygens (including phenoxy) is 1. The van der Waals surface area contributed by atoms with Crippen LogP contribution in [-0.2, 0) is 0 Å². The van der Waals surface area contributed by atoms with Crippen LogP contribution in [0.25, 0.3) is 15.5 Å². The number of nitro groups is 1. The molecular formula is C19H15N7O4S2. The summed E-state index contributed by atoms with van der Waals surface area (Å²) in [6, 6.07) is 11.2. The average molecular weight is 470 g/mol. The number of aromatic nitrogens is 4.